The normalized spacial score (nSPS) is 15.0. The van der Waals surface area contributed by atoms with Gasteiger partial charge in [-0.2, -0.15) is 0 Å². The summed E-state index contributed by atoms with van der Waals surface area (Å²) in [6, 6.07) is 9.01. The molecular weight excluding hydrogens is 180 g/mol. The number of hydrogen-bond donors (Lipinski definition) is 0. The maximum absolute atomic E-state index is 11.0. The molecule has 0 spiro atoms. The summed E-state index contributed by atoms with van der Waals surface area (Å²) in [5, 5.41) is 6.99. The highest BCUT2D eigenvalue weighted by atomic mass is 16.2. The Labute approximate surface area is 80.0 Å². The average molecular weight is 186 g/mol. The molecule has 1 heterocycles. The van der Waals surface area contributed by atoms with E-state index in [1.165, 1.54) is 0 Å². The van der Waals surface area contributed by atoms with Gasteiger partial charge in [0, 0.05) is 5.56 Å². The average Bonchev–Trinajstić information content (AvgIpc) is 2.61. The number of benzene rings is 1. The fraction of sp³-hybridized carbons (Fsp3) is 0. The van der Waals surface area contributed by atoms with Gasteiger partial charge in [0.05, 0.1) is 0 Å². The largest absolute Gasteiger partial charge is 0.301 e. The number of aldehydes is 1. The van der Waals surface area contributed by atoms with Gasteiger partial charge in [0.2, 0.25) is 0 Å². The molecule has 0 aromatic heterocycles. The van der Waals surface area contributed by atoms with Crippen LogP contribution >= 0.6 is 0 Å². The molecule has 4 nitrogen and oxygen atoms in total. The first-order chi connectivity index (χ1) is 6.83. The van der Waals surface area contributed by atoms with Gasteiger partial charge >= 0.3 is 5.91 Å². The molecule has 14 heavy (non-hydrogen) atoms. The Morgan fingerprint density at radius 3 is 2.43 bits per heavy atom. The van der Waals surface area contributed by atoms with Crippen LogP contribution < -0.4 is 0 Å². The molecule has 0 unspecified atom stereocenters. The molecule has 68 valence electrons. The van der Waals surface area contributed by atoms with Crippen LogP contribution in [0.1, 0.15) is 5.56 Å². The van der Waals surface area contributed by atoms with E-state index in [0.29, 0.717) is 12.0 Å². The minimum atomic E-state index is -0.571. The van der Waals surface area contributed by atoms with E-state index in [-0.39, 0.29) is 5.57 Å². The Hall–Kier alpha value is -2.10. The van der Waals surface area contributed by atoms with Crippen molar-refractivity contribution in [2.24, 2.45) is 10.2 Å². The fourth-order valence-corrected chi connectivity index (χ4v) is 1.22. The van der Waals surface area contributed by atoms with Crippen molar-refractivity contribution in [2.75, 3.05) is 0 Å². The summed E-state index contributed by atoms with van der Waals surface area (Å²) in [6.45, 7) is 0. The summed E-state index contributed by atoms with van der Waals surface area (Å²) in [4.78, 5) is 21.6. The third kappa shape index (κ3) is 1.26. The minimum absolute atomic E-state index is 0.0243. The maximum Gasteiger partial charge on any atom is 0.301 e. The highest BCUT2D eigenvalue weighted by Crippen LogP contribution is 2.24. The molecule has 0 aliphatic carbocycles. The van der Waals surface area contributed by atoms with Crippen LogP contribution in [-0.2, 0) is 9.59 Å². The lowest BCUT2D eigenvalue weighted by Crippen LogP contribution is -1.97. The van der Waals surface area contributed by atoms with Crippen LogP contribution in [0.4, 0.5) is 0 Å². The Kier molecular flexibility index (Phi) is 2.02. The minimum Gasteiger partial charge on any atom is -0.298 e. The van der Waals surface area contributed by atoms with Crippen molar-refractivity contribution in [1.29, 1.82) is 0 Å². The van der Waals surface area contributed by atoms with Crippen molar-refractivity contribution in [2.45, 2.75) is 0 Å². The molecule has 4 heteroatoms. The van der Waals surface area contributed by atoms with Crippen LogP contribution in [0.5, 0.6) is 0 Å². The molecule has 0 radical (unpaired) electrons. The van der Waals surface area contributed by atoms with Crippen molar-refractivity contribution in [3.05, 3.63) is 41.5 Å². The molecule has 0 saturated carbocycles. The summed E-state index contributed by atoms with van der Waals surface area (Å²) in [7, 11) is 0. The summed E-state index contributed by atoms with van der Waals surface area (Å²) >= 11 is 0. The second kappa shape index (κ2) is 3.33. The number of carbonyl (C=O) groups is 2. The lowest BCUT2D eigenvalue weighted by molar-refractivity contribution is -0.116. The van der Waals surface area contributed by atoms with Crippen molar-refractivity contribution >= 4 is 17.9 Å². The number of rotatable bonds is 2. The van der Waals surface area contributed by atoms with Gasteiger partial charge in [-0.15, -0.1) is 10.2 Å². The lowest BCUT2D eigenvalue weighted by atomic mass is 10.1. The number of azo groups is 1. The van der Waals surface area contributed by atoms with E-state index in [2.05, 4.69) is 10.2 Å². The second-order valence-electron chi connectivity index (χ2n) is 2.75. The molecule has 0 fully saturated rings. The van der Waals surface area contributed by atoms with Gasteiger partial charge in [-0.1, -0.05) is 30.3 Å². The first kappa shape index (κ1) is 8.50. The highest BCUT2D eigenvalue weighted by Gasteiger charge is 2.21. The van der Waals surface area contributed by atoms with E-state index in [9.17, 15) is 9.59 Å². The molecule has 1 amide bonds. The quantitative estimate of drug-likeness (QED) is 0.520. The Balaban J connectivity index is 2.54. The Bertz CT molecular complexity index is 446. The SMILES string of the molecule is O=CC1=C(c2ccccc2)N=NC1=O. The smallest absolute Gasteiger partial charge is 0.298 e. The third-order valence-corrected chi connectivity index (χ3v) is 1.89. The third-order valence-electron chi connectivity index (χ3n) is 1.89. The van der Waals surface area contributed by atoms with Gasteiger partial charge in [0.25, 0.3) is 0 Å². The van der Waals surface area contributed by atoms with Crippen LogP contribution in [0.2, 0.25) is 0 Å². The predicted octanol–water partition coefficient (Wildman–Crippen LogP) is 1.59. The monoisotopic (exact) mass is 186 g/mol. The highest BCUT2D eigenvalue weighted by molar-refractivity contribution is 6.18. The maximum atomic E-state index is 11.0. The number of amides is 1. The molecule has 0 bridgehead atoms. The Morgan fingerprint density at radius 2 is 1.79 bits per heavy atom. The molecule has 0 atom stereocenters. The van der Waals surface area contributed by atoms with Gasteiger partial charge < -0.3 is 0 Å². The molecular formula is C10H6N2O2. The molecule has 1 aliphatic heterocycles. The zero-order valence-electron chi connectivity index (χ0n) is 7.18. The number of hydrogen-bond acceptors (Lipinski definition) is 3. The molecule has 1 aromatic carbocycles. The van der Waals surface area contributed by atoms with Gasteiger partial charge in [0.1, 0.15) is 11.3 Å². The van der Waals surface area contributed by atoms with Crippen LogP contribution in [0.15, 0.2) is 46.1 Å². The summed E-state index contributed by atoms with van der Waals surface area (Å²) in [6.07, 6.45) is 0.491. The van der Waals surface area contributed by atoms with Crippen molar-refractivity contribution in [3.63, 3.8) is 0 Å². The van der Waals surface area contributed by atoms with E-state index < -0.39 is 5.91 Å². The first-order valence-electron chi connectivity index (χ1n) is 4.04. The number of carbonyl (C=O) groups excluding carboxylic acids is 2. The van der Waals surface area contributed by atoms with Gasteiger partial charge in [-0.25, -0.2) is 0 Å². The summed E-state index contributed by atoms with van der Waals surface area (Å²) < 4.78 is 0. The molecule has 0 saturated heterocycles. The summed E-state index contributed by atoms with van der Waals surface area (Å²) in [5.74, 6) is -0.571. The van der Waals surface area contributed by atoms with E-state index in [1.54, 1.807) is 12.1 Å². The summed E-state index contributed by atoms with van der Waals surface area (Å²) in [5.41, 5.74) is 1.10. The fourth-order valence-electron chi connectivity index (χ4n) is 1.22. The molecule has 1 aliphatic rings. The van der Waals surface area contributed by atoms with E-state index in [1.807, 2.05) is 18.2 Å². The zero-order valence-corrected chi connectivity index (χ0v) is 7.18. The van der Waals surface area contributed by atoms with E-state index in [0.717, 1.165) is 5.56 Å². The van der Waals surface area contributed by atoms with Crippen molar-refractivity contribution in [1.82, 2.24) is 0 Å². The van der Waals surface area contributed by atoms with Crippen molar-refractivity contribution in [3.8, 4) is 0 Å². The second-order valence-corrected chi connectivity index (χ2v) is 2.75. The van der Waals surface area contributed by atoms with Gasteiger partial charge in [-0.05, 0) is 0 Å². The molecule has 2 rings (SSSR count). The molecule has 0 N–H and O–H groups in total. The van der Waals surface area contributed by atoms with Crippen LogP contribution in [0, 0.1) is 0 Å². The standard InChI is InChI=1S/C10H6N2O2/c13-6-8-9(11-12-10(8)14)7-4-2-1-3-5-7/h1-6H. The van der Waals surface area contributed by atoms with Gasteiger partial charge in [0.15, 0.2) is 6.29 Å². The first-order valence-corrected chi connectivity index (χ1v) is 4.04. The van der Waals surface area contributed by atoms with Crippen LogP contribution in [0.25, 0.3) is 5.70 Å². The van der Waals surface area contributed by atoms with Crippen LogP contribution in [-0.4, -0.2) is 12.2 Å². The van der Waals surface area contributed by atoms with Crippen LogP contribution in [0.3, 0.4) is 0 Å². The van der Waals surface area contributed by atoms with E-state index >= 15 is 0 Å². The van der Waals surface area contributed by atoms with Gasteiger partial charge in [-0.3, -0.25) is 9.59 Å². The Morgan fingerprint density at radius 1 is 1.07 bits per heavy atom. The van der Waals surface area contributed by atoms with Crippen molar-refractivity contribution < 1.29 is 9.59 Å². The zero-order chi connectivity index (χ0) is 9.97. The lowest BCUT2D eigenvalue weighted by Gasteiger charge is -1.96. The van der Waals surface area contributed by atoms with E-state index in [4.69, 9.17) is 0 Å². The topological polar surface area (TPSA) is 58.9 Å². The number of nitrogens with zero attached hydrogens (tertiary/aromatic N) is 2. The predicted molar refractivity (Wildman–Crippen MR) is 49.3 cm³/mol. The molecule has 1 aromatic rings.